The van der Waals surface area contributed by atoms with E-state index in [0.717, 1.165) is 6.07 Å². The van der Waals surface area contributed by atoms with E-state index in [-0.39, 0.29) is 16.9 Å². The number of nitrogens with zero attached hydrogens (tertiary/aromatic N) is 1. The molecule has 1 rings (SSSR count). The lowest BCUT2D eigenvalue weighted by Crippen LogP contribution is -2.49. The molecule has 9 nitrogen and oxygen atoms in total. The van der Waals surface area contributed by atoms with Gasteiger partial charge >= 0.3 is 0 Å². The fraction of sp³-hybridized carbons (Fsp3) is 0.417. The molecule has 0 fully saturated rings. The highest BCUT2D eigenvalue weighted by Crippen LogP contribution is 2.28. The fourth-order valence-electron chi connectivity index (χ4n) is 1.64. The minimum absolute atomic E-state index is 0.0850. The summed E-state index contributed by atoms with van der Waals surface area (Å²) in [5, 5.41) is 43.7. The summed E-state index contributed by atoms with van der Waals surface area (Å²) in [6.45, 7) is -1.95. The van der Waals surface area contributed by atoms with Gasteiger partial charge in [0.1, 0.15) is 11.2 Å². The van der Waals surface area contributed by atoms with Gasteiger partial charge in [0.05, 0.1) is 24.7 Å². The van der Waals surface area contributed by atoms with Crippen molar-refractivity contribution in [1.29, 1.82) is 0 Å². The van der Waals surface area contributed by atoms with Gasteiger partial charge in [-0.05, 0) is 12.1 Å². The van der Waals surface area contributed by atoms with Crippen molar-refractivity contribution in [1.82, 2.24) is 5.32 Å². The maximum absolute atomic E-state index is 11.6. The summed E-state index contributed by atoms with van der Waals surface area (Å²) < 4.78 is 0. The smallest absolute Gasteiger partial charge is 0.292 e. The maximum Gasteiger partial charge on any atom is 0.292 e. The van der Waals surface area contributed by atoms with Crippen LogP contribution in [0.2, 0.25) is 0 Å². The van der Waals surface area contributed by atoms with E-state index in [1.807, 2.05) is 0 Å². The van der Waals surface area contributed by atoms with Crippen LogP contribution in [0.1, 0.15) is 10.4 Å². The van der Waals surface area contributed by atoms with Crippen molar-refractivity contribution >= 4 is 17.3 Å². The average Bonchev–Trinajstić information content (AvgIpc) is 2.51. The second-order valence-electron chi connectivity index (χ2n) is 4.45. The van der Waals surface area contributed by atoms with Crippen molar-refractivity contribution in [2.75, 3.05) is 32.2 Å². The van der Waals surface area contributed by atoms with Crippen LogP contribution in [0.4, 0.5) is 11.4 Å². The molecular weight excluding hydrogens is 282 g/mol. The Morgan fingerprint density at radius 3 is 2.29 bits per heavy atom. The van der Waals surface area contributed by atoms with Gasteiger partial charge in [-0.3, -0.25) is 14.9 Å². The second kappa shape index (κ2) is 6.97. The summed E-state index contributed by atoms with van der Waals surface area (Å²) in [6, 6.07) is 3.62. The zero-order chi connectivity index (χ0) is 16.0. The predicted octanol–water partition coefficient (Wildman–Crippen LogP) is -0.918. The number of benzene rings is 1. The molecule has 9 heteroatoms. The van der Waals surface area contributed by atoms with Gasteiger partial charge in [0.2, 0.25) is 0 Å². The minimum atomic E-state index is -1.54. The van der Waals surface area contributed by atoms with E-state index < -0.39 is 36.2 Å². The first-order valence-electron chi connectivity index (χ1n) is 6.04. The first kappa shape index (κ1) is 16.8. The number of nitro groups is 1. The maximum atomic E-state index is 11.6. The number of hydrogen-bond donors (Lipinski definition) is 5. The Hall–Kier alpha value is -2.23. The van der Waals surface area contributed by atoms with Crippen LogP contribution in [0.15, 0.2) is 18.2 Å². The van der Waals surface area contributed by atoms with E-state index >= 15 is 0 Å². The number of amides is 1. The second-order valence-corrected chi connectivity index (χ2v) is 4.45. The van der Waals surface area contributed by atoms with Gasteiger partial charge in [0.25, 0.3) is 11.6 Å². The third kappa shape index (κ3) is 3.66. The van der Waals surface area contributed by atoms with Gasteiger partial charge in [0, 0.05) is 18.7 Å². The molecule has 0 saturated carbocycles. The molecule has 0 aromatic heterocycles. The van der Waals surface area contributed by atoms with Gasteiger partial charge in [-0.25, -0.2) is 0 Å². The minimum Gasteiger partial charge on any atom is -0.394 e. The molecule has 21 heavy (non-hydrogen) atoms. The number of carbonyl (C=O) groups excluding carboxylic acids is 1. The topological polar surface area (TPSA) is 145 Å². The lowest BCUT2D eigenvalue weighted by molar-refractivity contribution is -0.384. The lowest BCUT2D eigenvalue weighted by atomic mass is 10.0. The van der Waals surface area contributed by atoms with Crippen molar-refractivity contribution in [2.45, 2.75) is 5.54 Å². The van der Waals surface area contributed by atoms with E-state index in [0.29, 0.717) is 0 Å². The van der Waals surface area contributed by atoms with Crippen LogP contribution in [0, 0.1) is 10.1 Å². The Kier molecular flexibility index (Phi) is 5.59. The number of carbonyl (C=O) groups is 1. The van der Waals surface area contributed by atoms with Crippen LogP contribution in [-0.4, -0.2) is 58.6 Å². The zero-order valence-corrected chi connectivity index (χ0v) is 11.4. The summed E-state index contributed by atoms with van der Waals surface area (Å²) in [5.74, 6) is -0.449. The highest BCUT2D eigenvalue weighted by Gasteiger charge is 2.30. The van der Waals surface area contributed by atoms with Crippen molar-refractivity contribution in [3.8, 4) is 0 Å². The largest absolute Gasteiger partial charge is 0.394 e. The summed E-state index contributed by atoms with van der Waals surface area (Å²) in [4.78, 5) is 21.9. The van der Waals surface area contributed by atoms with Crippen LogP contribution in [0.5, 0.6) is 0 Å². The number of aliphatic hydroxyl groups excluding tert-OH is 3. The first-order chi connectivity index (χ1) is 9.92. The molecule has 5 N–H and O–H groups in total. The van der Waals surface area contributed by atoms with Gasteiger partial charge in [0.15, 0.2) is 0 Å². The summed E-state index contributed by atoms with van der Waals surface area (Å²) in [5.41, 5.74) is -1.81. The van der Waals surface area contributed by atoms with Gasteiger partial charge < -0.3 is 26.0 Å². The van der Waals surface area contributed by atoms with Crippen molar-refractivity contribution in [2.24, 2.45) is 0 Å². The third-order valence-electron chi connectivity index (χ3n) is 2.99. The molecule has 1 aromatic rings. The van der Waals surface area contributed by atoms with E-state index in [1.54, 1.807) is 0 Å². The lowest BCUT2D eigenvalue weighted by Gasteiger charge is -2.29. The van der Waals surface area contributed by atoms with E-state index in [1.165, 1.54) is 19.2 Å². The Morgan fingerprint density at radius 2 is 1.86 bits per heavy atom. The van der Waals surface area contributed by atoms with Crippen LogP contribution in [0.25, 0.3) is 0 Å². The SMILES string of the molecule is CNC(=O)c1ccc([N+](=O)[O-])c(NC(CO)(CO)CO)c1. The molecule has 0 aliphatic heterocycles. The predicted molar refractivity (Wildman–Crippen MR) is 74.1 cm³/mol. The number of aliphatic hydroxyl groups is 3. The molecule has 0 spiro atoms. The molecule has 0 aliphatic rings. The standard InChI is InChI=1S/C12H17N3O6/c1-13-11(19)8-2-3-10(15(20)21)9(4-8)14-12(5-16,6-17)7-18/h2-4,14,16-18H,5-7H2,1H3,(H,13,19). The van der Waals surface area contributed by atoms with Crippen LogP contribution < -0.4 is 10.6 Å². The van der Waals surface area contributed by atoms with Crippen molar-refractivity contribution < 1.29 is 25.0 Å². The van der Waals surface area contributed by atoms with Crippen LogP contribution >= 0.6 is 0 Å². The van der Waals surface area contributed by atoms with Gasteiger partial charge in [-0.2, -0.15) is 0 Å². The molecule has 0 atom stereocenters. The van der Waals surface area contributed by atoms with Crippen LogP contribution in [0.3, 0.4) is 0 Å². The number of hydrogen-bond acceptors (Lipinski definition) is 7. The summed E-state index contributed by atoms with van der Waals surface area (Å²) >= 11 is 0. The highest BCUT2D eigenvalue weighted by atomic mass is 16.6. The average molecular weight is 299 g/mol. The number of anilines is 1. The summed E-state index contributed by atoms with van der Waals surface area (Å²) in [7, 11) is 1.41. The van der Waals surface area contributed by atoms with Crippen LogP contribution in [-0.2, 0) is 0 Å². The Labute approximate surface area is 120 Å². The quantitative estimate of drug-likeness (QED) is 0.323. The normalized spacial score (nSPS) is 11.0. The monoisotopic (exact) mass is 299 g/mol. The molecule has 0 saturated heterocycles. The number of nitro benzene ring substituents is 1. The summed E-state index contributed by atoms with van der Waals surface area (Å²) in [6.07, 6.45) is 0. The third-order valence-corrected chi connectivity index (χ3v) is 2.99. The molecule has 1 amide bonds. The molecule has 0 heterocycles. The molecule has 1 aromatic carbocycles. The Morgan fingerprint density at radius 1 is 1.29 bits per heavy atom. The number of rotatable bonds is 7. The van der Waals surface area contributed by atoms with Crippen molar-refractivity contribution in [3.05, 3.63) is 33.9 Å². The fourth-order valence-corrected chi connectivity index (χ4v) is 1.64. The number of nitrogens with one attached hydrogen (secondary N) is 2. The Bertz CT molecular complexity index is 521. The van der Waals surface area contributed by atoms with Crippen molar-refractivity contribution in [3.63, 3.8) is 0 Å². The molecule has 0 unspecified atom stereocenters. The molecule has 0 radical (unpaired) electrons. The molecule has 116 valence electrons. The van der Waals surface area contributed by atoms with Gasteiger partial charge in [-0.1, -0.05) is 0 Å². The van der Waals surface area contributed by atoms with E-state index in [2.05, 4.69) is 10.6 Å². The highest BCUT2D eigenvalue weighted by molar-refractivity contribution is 5.95. The first-order valence-corrected chi connectivity index (χ1v) is 6.04. The molecule has 0 aliphatic carbocycles. The Balaban J connectivity index is 3.29. The van der Waals surface area contributed by atoms with E-state index in [4.69, 9.17) is 0 Å². The molecular formula is C12H17N3O6. The zero-order valence-electron chi connectivity index (χ0n) is 11.4. The van der Waals surface area contributed by atoms with E-state index in [9.17, 15) is 30.2 Å². The van der Waals surface area contributed by atoms with Gasteiger partial charge in [-0.15, -0.1) is 0 Å². The molecule has 0 bridgehead atoms.